The van der Waals surface area contributed by atoms with Crippen LogP contribution in [0, 0.1) is 0 Å². The lowest BCUT2D eigenvalue weighted by atomic mass is 9.78. The van der Waals surface area contributed by atoms with Crippen LogP contribution in [0.2, 0.25) is 10.0 Å². The summed E-state index contributed by atoms with van der Waals surface area (Å²) in [6.07, 6.45) is 6.64. The van der Waals surface area contributed by atoms with Crippen molar-refractivity contribution in [3.05, 3.63) is 64.5 Å². The molecule has 2 aliphatic rings. The lowest BCUT2D eigenvalue weighted by molar-refractivity contribution is 0.248. The number of anilines is 2. The Balaban J connectivity index is 1.51. The van der Waals surface area contributed by atoms with Crippen LogP contribution in [0.1, 0.15) is 24.3 Å². The van der Waals surface area contributed by atoms with Crippen LogP contribution in [0.15, 0.2) is 48.9 Å². The number of fused-ring (bicyclic) bond motifs is 3. The van der Waals surface area contributed by atoms with Crippen molar-refractivity contribution in [2.24, 2.45) is 0 Å². The summed E-state index contributed by atoms with van der Waals surface area (Å²) in [5.74, 6) is 1.44. The summed E-state index contributed by atoms with van der Waals surface area (Å²) in [6.45, 7) is 0. The number of carbonyl (C=O) groups is 1. The maximum atomic E-state index is 13.0. The van der Waals surface area contributed by atoms with Gasteiger partial charge >= 0.3 is 6.03 Å². The van der Waals surface area contributed by atoms with Crippen LogP contribution in [0.5, 0.6) is 0 Å². The zero-order valence-electron chi connectivity index (χ0n) is 14.6. The highest BCUT2D eigenvalue weighted by Crippen LogP contribution is 2.51. The summed E-state index contributed by atoms with van der Waals surface area (Å²) in [5, 5.41) is 3.79. The molecule has 8 heteroatoms. The van der Waals surface area contributed by atoms with Gasteiger partial charge in [-0.1, -0.05) is 35.3 Å². The molecule has 140 valence electrons. The molecule has 1 aromatic carbocycles. The van der Waals surface area contributed by atoms with Gasteiger partial charge in [0.2, 0.25) is 0 Å². The lowest BCUT2D eigenvalue weighted by Crippen LogP contribution is -2.46. The highest BCUT2D eigenvalue weighted by molar-refractivity contribution is 6.42. The summed E-state index contributed by atoms with van der Waals surface area (Å²) in [6, 6.07) is 9.32. The van der Waals surface area contributed by atoms with Gasteiger partial charge in [-0.25, -0.2) is 14.8 Å². The van der Waals surface area contributed by atoms with Gasteiger partial charge in [-0.3, -0.25) is 15.2 Å². The Labute approximate surface area is 171 Å². The van der Waals surface area contributed by atoms with Gasteiger partial charge in [-0.15, -0.1) is 0 Å². The first-order valence-electron chi connectivity index (χ1n) is 8.94. The molecule has 3 aromatic rings. The van der Waals surface area contributed by atoms with E-state index in [1.807, 2.05) is 12.1 Å². The number of amides is 2. The first-order valence-corrected chi connectivity index (χ1v) is 9.70. The lowest BCUT2D eigenvalue weighted by Gasteiger charge is -2.35. The Morgan fingerprint density at radius 1 is 1.11 bits per heavy atom. The number of hydrogen-bond donors (Lipinski definition) is 1. The Kier molecular flexibility index (Phi) is 4.18. The largest absolute Gasteiger partial charge is 0.329 e. The third-order valence-corrected chi connectivity index (χ3v) is 6.07. The van der Waals surface area contributed by atoms with E-state index in [4.69, 9.17) is 28.2 Å². The van der Waals surface area contributed by atoms with Crippen LogP contribution < -0.4 is 10.2 Å². The van der Waals surface area contributed by atoms with Crippen LogP contribution in [0.3, 0.4) is 0 Å². The van der Waals surface area contributed by atoms with Gasteiger partial charge in [-0.2, -0.15) is 0 Å². The molecule has 2 amide bonds. The predicted molar refractivity (Wildman–Crippen MR) is 109 cm³/mol. The smallest absolute Gasteiger partial charge is 0.291 e. The zero-order chi connectivity index (χ0) is 19.3. The molecular weight excluding hydrogens is 397 g/mol. The number of halogens is 2. The molecule has 3 heterocycles. The van der Waals surface area contributed by atoms with Crippen molar-refractivity contribution in [2.75, 3.05) is 10.2 Å². The van der Waals surface area contributed by atoms with E-state index in [0.29, 0.717) is 27.6 Å². The molecule has 5 rings (SSSR count). The van der Waals surface area contributed by atoms with E-state index in [-0.39, 0.29) is 12.1 Å². The molecule has 28 heavy (non-hydrogen) atoms. The molecular formula is C20H15Cl2N5O. The van der Waals surface area contributed by atoms with E-state index >= 15 is 0 Å². The molecule has 0 radical (unpaired) electrons. The monoisotopic (exact) mass is 411 g/mol. The number of benzene rings is 1. The van der Waals surface area contributed by atoms with Crippen molar-refractivity contribution in [1.29, 1.82) is 0 Å². The number of urea groups is 1. The summed E-state index contributed by atoms with van der Waals surface area (Å²) >= 11 is 12.2. The standard InChI is InChI=1S/C20H15Cl2N5O/c21-14-4-1-11(9-15(14)22)16-5-2-13-12-3-6-17(12)27(19(13)25-16)20(28)26-18-10-23-7-8-24-18/h1-2,4-5,7-10,12,17H,3,6H2,(H,24,26,28). The first kappa shape index (κ1) is 17.4. The Bertz CT molecular complexity index is 1080. The minimum atomic E-state index is -0.243. The van der Waals surface area contributed by atoms with Crippen LogP contribution in [0.4, 0.5) is 16.4 Å². The molecule has 1 fully saturated rings. The number of nitrogens with one attached hydrogen (secondary N) is 1. The summed E-state index contributed by atoms with van der Waals surface area (Å²) in [7, 11) is 0. The van der Waals surface area contributed by atoms with E-state index in [0.717, 1.165) is 29.7 Å². The Morgan fingerprint density at radius 3 is 2.71 bits per heavy atom. The van der Waals surface area contributed by atoms with E-state index < -0.39 is 0 Å². The minimum absolute atomic E-state index is 0.128. The maximum Gasteiger partial charge on any atom is 0.329 e. The molecule has 0 bridgehead atoms. The minimum Gasteiger partial charge on any atom is -0.291 e. The van der Waals surface area contributed by atoms with Crippen molar-refractivity contribution in [2.45, 2.75) is 24.8 Å². The van der Waals surface area contributed by atoms with Gasteiger partial charge in [0.05, 0.1) is 21.9 Å². The highest BCUT2D eigenvalue weighted by atomic mass is 35.5. The molecule has 1 N–H and O–H groups in total. The fourth-order valence-electron chi connectivity index (χ4n) is 3.85. The van der Waals surface area contributed by atoms with Crippen LogP contribution in [-0.4, -0.2) is 27.0 Å². The van der Waals surface area contributed by atoms with Crippen molar-refractivity contribution in [3.63, 3.8) is 0 Å². The fourth-order valence-corrected chi connectivity index (χ4v) is 4.15. The molecule has 2 unspecified atom stereocenters. The van der Waals surface area contributed by atoms with Crippen molar-refractivity contribution in [3.8, 4) is 11.3 Å². The van der Waals surface area contributed by atoms with Crippen LogP contribution in [0.25, 0.3) is 11.3 Å². The van der Waals surface area contributed by atoms with E-state index in [2.05, 4.69) is 21.4 Å². The average molecular weight is 412 g/mol. The van der Waals surface area contributed by atoms with Crippen LogP contribution >= 0.6 is 23.2 Å². The van der Waals surface area contributed by atoms with Gasteiger partial charge in [0.1, 0.15) is 5.82 Å². The van der Waals surface area contributed by atoms with Gasteiger partial charge in [0, 0.05) is 35.5 Å². The summed E-state index contributed by atoms with van der Waals surface area (Å²) in [4.78, 5) is 27.7. The normalized spacial score (nSPS) is 19.6. The number of hydrogen-bond acceptors (Lipinski definition) is 4. The molecule has 0 spiro atoms. The topological polar surface area (TPSA) is 71.0 Å². The quantitative estimate of drug-likeness (QED) is 0.633. The maximum absolute atomic E-state index is 13.0. The molecule has 1 saturated carbocycles. The molecule has 1 aliphatic carbocycles. The number of pyridine rings is 1. The van der Waals surface area contributed by atoms with Crippen molar-refractivity contribution >= 4 is 40.9 Å². The SMILES string of the molecule is O=C(Nc1cnccn1)N1c2nc(-c3ccc(Cl)c(Cl)c3)ccc2C2CCC21. The van der Waals surface area contributed by atoms with Crippen molar-refractivity contribution in [1.82, 2.24) is 15.0 Å². The zero-order valence-corrected chi connectivity index (χ0v) is 16.2. The number of nitrogens with zero attached hydrogens (tertiary/aromatic N) is 4. The molecule has 0 saturated heterocycles. The summed E-state index contributed by atoms with van der Waals surface area (Å²) in [5.41, 5.74) is 2.70. The summed E-state index contributed by atoms with van der Waals surface area (Å²) < 4.78 is 0. The number of aromatic nitrogens is 3. The number of carbonyl (C=O) groups excluding carboxylic acids is 1. The third-order valence-electron chi connectivity index (χ3n) is 5.33. The Hall–Kier alpha value is -2.70. The van der Waals surface area contributed by atoms with Gasteiger partial charge in [0.15, 0.2) is 5.82 Å². The first-order chi connectivity index (χ1) is 13.6. The predicted octanol–water partition coefficient (Wildman–Crippen LogP) is 5.14. The van der Waals surface area contributed by atoms with E-state index in [1.54, 1.807) is 29.4 Å². The van der Waals surface area contributed by atoms with Gasteiger partial charge < -0.3 is 0 Å². The van der Waals surface area contributed by atoms with E-state index in [1.165, 1.54) is 6.20 Å². The molecule has 6 nitrogen and oxygen atoms in total. The average Bonchev–Trinajstić information content (AvgIpc) is 2.90. The van der Waals surface area contributed by atoms with Gasteiger partial charge in [0.25, 0.3) is 0 Å². The fraction of sp³-hybridized carbons (Fsp3) is 0.200. The molecule has 1 aliphatic heterocycles. The Morgan fingerprint density at radius 2 is 2.00 bits per heavy atom. The number of rotatable bonds is 2. The highest BCUT2D eigenvalue weighted by Gasteiger charge is 2.48. The second-order valence-electron chi connectivity index (χ2n) is 6.88. The molecule has 2 aromatic heterocycles. The van der Waals surface area contributed by atoms with Gasteiger partial charge in [-0.05, 0) is 31.0 Å². The van der Waals surface area contributed by atoms with Crippen molar-refractivity contribution < 1.29 is 4.79 Å². The molecule has 2 atom stereocenters. The van der Waals surface area contributed by atoms with Crippen LogP contribution in [-0.2, 0) is 0 Å². The van der Waals surface area contributed by atoms with E-state index in [9.17, 15) is 4.79 Å². The second-order valence-corrected chi connectivity index (χ2v) is 7.69. The third kappa shape index (κ3) is 2.80. The second kappa shape index (κ2) is 6.72.